The van der Waals surface area contributed by atoms with E-state index in [1.165, 1.54) is 18.5 Å². The number of rotatable bonds is 4. The highest BCUT2D eigenvalue weighted by atomic mass is 32.2. The topological polar surface area (TPSA) is 101 Å². The van der Waals surface area contributed by atoms with Crippen molar-refractivity contribution in [2.75, 3.05) is 4.72 Å². The van der Waals surface area contributed by atoms with Gasteiger partial charge in [0.25, 0.3) is 10.0 Å². The number of aromatic nitrogens is 3. The normalized spacial score (nSPS) is 11.6. The Balaban J connectivity index is 2.25. The average molecular weight is 242 g/mol. The number of H-pyrrole nitrogens is 1. The van der Waals surface area contributed by atoms with Crippen LogP contribution in [0, 0.1) is 0 Å². The minimum atomic E-state index is -3.66. The highest BCUT2D eigenvalue weighted by Gasteiger charge is 2.18. The van der Waals surface area contributed by atoms with Gasteiger partial charge in [-0.15, -0.1) is 0 Å². The Hall–Kier alpha value is -1.83. The molecule has 0 bridgehead atoms. The third-order valence-corrected chi connectivity index (χ3v) is 3.17. The summed E-state index contributed by atoms with van der Waals surface area (Å²) in [5, 5.41) is 3.46. The number of imidazole rings is 1. The van der Waals surface area contributed by atoms with Crippen molar-refractivity contribution in [3.8, 4) is 0 Å². The molecular weight excluding hydrogens is 232 g/mol. The lowest BCUT2D eigenvalue weighted by atomic mass is 10.5. The van der Waals surface area contributed by atoms with E-state index in [0.717, 1.165) is 0 Å². The average Bonchev–Trinajstić information content (AvgIpc) is 2.85. The third kappa shape index (κ3) is 2.06. The second-order valence-corrected chi connectivity index (χ2v) is 4.69. The number of aromatic amines is 1. The summed E-state index contributed by atoms with van der Waals surface area (Å²) in [6.07, 6.45) is 3.18. The van der Waals surface area contributed by atoms with E-state index in [1.807, 2.05) is 6.92 Å². The van der Waals surface area contributed by atoms with Crippen LogP contribution in [0.2, 0.25) is 0 Å². The lowest BCUT2D eigenvalue weighted by Gasteiger charge is -2.00. The second kappa shape index (κ2) is 3.97. The van der Waals surface area contributed by atoms with Crippen molar-refractivity contribution in [3.63, 3.8) is 0 Å². The molecule has 0 amide bonds. The first-order chi connectivity index (χ1) is 7.62. The predicted molar refractivity (Wildman–Crippen MR) is 55.3 cm³/mol. The molecule has 8 heteroatoms. The molecule has 2 N–H and O–H groups in total. The van der Waals surface area contributed by atoms with E-state index < -0.39 is 10.0 Å². The molecule has 0 unspecified atom stereocenters. The van der Waals surface area contributed by atoms with Gasteiger partial charge in [-0.05, 0) is 0 Å². The van der Waals surface area contributed by atoms with Crippen molar-refractivity contribution in [2.45, 2.75) is 18.4 Å². The largest absolute Gasteiger partial charge is 0.363 e. The summed E-state index contributed by atoms with van der Waals surface area (Å²) < 4.78 is 30.3. The number of hydrogen-bond donors (Lipinski definition) is 2. The van der Waals surface area contributed by atoms with Crippen LogP contribution < -0.4 is 4.72 Å². The van der Waals surface area contributed by atoms with Gasteiger partial charge in [-0.3, -0.25) is 4.72 Å². The number of nitrogens with zero attached hydrogens (tertiary/aromatic N) is 2. The quantitative estimate of drug-likeness (QED) is 0.824. The van der Waals surface area contributed by atoms with E-state index >= 15 is 0 Å². The molecule has 0 saturated heterocycles. The minimum Gasteiger partial charge on any atom is -0.363 e. The molecule has 86 valence electrons. The number of sulfonamides is 1. The first-order valence-electron chi connectivity index (χ1n) is 4.59. The Kier molecular flexibility index (Phi) is 2.65. The van der Waals surface area contributed by atoms with Gasteiger partial charge in [0.2, 0.25) is 0 Å². The fraction of sp³-hybridized carbons (Fsp3) is 0.250. The molecule has 7 nitrogen and oxygen atoms in total. The van der Waals surface area contributed by atoms with E-state index in [1.54, 1.807) is 0 Å². The van der Waals surface area contributed by atoms with Gasteiger partial charge in [0.15, 0.2) is 10.8 Å². The maximum atomic E-state index is 11.8. The van der Waals surface area contributed by atoms with Gasteiger partial charge in [0.1, 0.15) is 12.1 Å². The Labute approximate surface area is 91.9 Å². The summed E-state index contributed by atoms with van der Waals surface area (Å²) in [6, 6.07) is 1.41. The Morgan fingerprint density at radius 2 is 2.38 bits per heavy atom. The lowest BCUT2D eigenvalue weighted by Crippen LogP contribution is -2.13. The van der Waals surface area contributed by atoms with Crippen LogP contribution >= 0.6 is 0 Å². The van der Waals surface area contributed by atoms with E-state index in [4.69, 9.17) is 0 Å². The van der Waals surface area contributed by atoms with Crippen molar-refractivity contribution in [1.29, 1.82) is 0 Å². The molecule has 2 heterocycles. The van der Waals surface area contributed by atoms with Crippen molar-refractivity contribution in [2.24, 2.45) is 0 Å². The fourth-order valence-electron chi connectivity index (χ4n) is 1.12. The lowest BCUT2D eigenvalue weighted by molar-refractivity contribution is 0.423. The molecule has 0 aromatic carbocycles. The summed E-state index contributed by atoms with van der Waals surface area (Å²) in [4.78, 5) is 6.61. The third-order valence-electron chi connectivity index (χ3n) is 1.91. The first-order valence-corrected chi connectivity index (χ1v) is 6.07. The summed E-state index contributed by atoms with van der Waals surface area (Å²) in [7, 11) is -3.66. The Morgan fingerprint density at radius 1 is 1.56 bits per heavy atom. The van der Waals surface area contributed by atoms with E-state index in [9.17, 15) is 8.42 Å². The van der Waals surface area contributed by atoms with Crippen molar-refractivity contribution < 1.29 is 12.9 Å². The second-order valence-electron chi connectivity index (χ2n) is 3.04. The SMILES string of the molecule is CCc1ncc(S(=O)(=O)Nc2ccon2)[nH]1. The van der Waals surface area contributed by atoms with Gasteiger partial charge in [-0.1, -0.05) is 12.1 Å². The van der Waals surface area contributed by atoms with Crippen LogP contribution in [0.25, 0.3) is 0 Å². The van der Waals surface area contributed by atoms with E-state index in [0.29, 0.717) is 12.2 Å². The van der Waals surface area contributed by atoms with Crippen LogP contribution in [0.5, 0.6) is 0 Å². The van der Waals surface area contributed by atoms with Crippen molar-refractivity contribution in [3.05, 3.63) is 24.4 Å². The van der Waals surface area contributed by atoms with Crippen molar-refractivity contribution >= 4 is 15.8 Å². The summed E-state index contributed by atoms with van der Waals surface area (Å²) in [5.74, 6) is 0.744. The van der Waals surface area contributed by atoms with Crippen LogP contribution in [0.3, 0.4) is 0 Å². The van der Waals surface area contributed by atoms with E-state index in [2.05, 4.69) is 24.4 Å². The molecule has 0 radical (unpaired) electrons. The van der Waals surface area contributed by atoms with Gasteiger partial charge in [0, 0.05) is 12.5 Å². The molecule has 0 aliphatic heterocycles. The molecule has 0 atom stereocenters. The number of hydrogen-bond acceptors (Lipinski definition) is 5. The Bertz CT molecular complexity index is 558. The number of anilines is 1. The standard InChI is InChI=1S/C8H10N4O3S/c1-2-6-9-5-8(10-6)16(13,14)12-7-3-4-15-11-7/h3-5H,2H2,1H3,(H,9,10)(H,11,12). The molecule has 0 aliphatic rings. The maximum Gasteiger partial charge on any atom is 0.280 e. The van der Waals surface area contributed by atoms with Crippen molar-refractivity contribution in [1.82, 2.24) is 15.1 Å². The maximum absolute atomic E-state index is 11.8. The molecule has 2 aromatic heterocycles. The van der Waals surface area contributed by atoms with Crippen LogP contribution in [0.1, 0.15) is 12.7 Å². The van der Waals surface area contributed by atoms with Gasteiger partial charge in [-0.2, -0.15) is 8.42 Å². The summed E-state index contributed by atoms with van der Waals surface area (Å²) in [5.41, 5.74) is 0. The van der Waals surface area contributed by atoms with Crippen LogP contribution in [-0.4, -0.2) is 23.5 Å². The molecule has 0 spiro atoms. The fourth-order valence-corrected chi connectivity index (χ4v) is 2.05. The number of nitrogens with one attached hydrogen (secondary N) is 2. The zero-order valence-corrected chi connectivity index (χ0v) is 9.28. The zero-order valence-electron chi connectivity index (χ0n) is 8.47. The highest BCUT2D eigenvalue weighted by molar-refractivity contribution is 7.92. The molecule has 0 fully saturated rings. The highest BCUT2D eigenvalue weighted by Crippen LogP contribution is 2.12. The van der Waals surface area contributed by atoms with Gasteiger partial charge >= 0.3 is 0 Å². The molecule has 16 heavy (non-hydrogen) atoms. The zero-order chi connectivity index (χ0) is 11.6. The smallest absolute Gasteiger partial charge is 0.280 e. The van der Waals surface area contributed by atoms with Crippen LogP contribution in [0.4, 0.5) is 5.82 Å². The molecule has 0 aliphatic carbocycles. The summed E-state index contributed by atoms with van der Waals surface area (Å²) >= 11 is 0. The summed E-state index contributed by atoms with van der Waals surface area (Å²) in [6.45, 7) is 1.88. The molecule has 2 rings (SSSR count). The number of aryl methyl sites for hydroxylation is 1. The molecular formula is C8H10N4O3S. The van der Waals surface area contributed by atoms with Crippen LogP contribution in [0.15, 0.2) is 28.1 Å². The van der Waals surface area contributed by atoms with Crippen LogP contribution in [-0.2, 0) is 16.4 Å². The van der Waals surface area contributed by atoms with Gasteiger partial charge in [0.05, 0.1) is 6.20 Å². The molecule has 0 saturated carbocycles. The Morgan fingerprint density at radius 3 is 2.94 bits per heavy atom. The monoisotopic (exact) mass is 242 g/mol. The molecule has 2 aromatic rings. The van der Waals surface area contributed by atoms with E-state index in [-0.39, 0.29) is 10.8 Å². The van der Waals surface area contributed by atoms with Gasteiger partial charge < -0.3 is 9.51 Å². The minimum absolute atomic E-state index is 0.00681. The first kappa shape index (κ1) is 10.7. The van der Waals surface area contributed by atoms with Gasteiger partial charge in [-0.25, -0.2) is 4.98 Å². The predicted octanol–water partition coefficient (Wildman–Crippen LogP) is 0.761.